The van der Waals surface area contributed by atoms with Crippen molar-refractivity contribution in [2.45, 2.75) is 59.3 Å². The lowest BCUT2D eigenvalue weighted by Crippen LogP contribution is -2.49. The number of ketones is 1. The van der Waals surface area contributed by atoms with Gasteiger partial charge in [-0.2, -0.15) is 0 Å². The molecule has 4 aliphatic rings. The normalized spacial score (nSPS) is 48.3. The zero-order valence-corrected chi connectivity index (χ0v) is 14.7. The van der Waals surface area contributed by atoms with E-state index in [1.54, 1.807) is 6.92 Å². The van der Waals surface area contributed by atoms with E-state index in [1.165, 1.54) is 24.8 Å². The maximum absolute atomic E-state index is 12.1. The molecule has 0 bridgehead atoms. The van der Waals surface area contributed by atoms with Gasteiger partial charge in [0, 0.05) is 11.6 Å². The van der Waals surface area contributed by atoms with Crippen LogP contribution in [0.3, 0.4) is 0 Å². The summed E-state index contributed by atoms with van der Waals surface area (Å²) in [5, 5.41) is 8.01. The molecule has 2 unspecified atom stereocenters. The lowest BCUT2D eigenvalue weighted by Gasteiger charge is -2.56. The zero-order chi connectivity index (χ0) is 16.4. The molecule has 0 radical (unpaired) electrons. The van der Waals surface area contributed by atoms with Crippen LogP contribution in [-0.4, -0.2) is 11.5 Å². The standard InChI is InChI=1S/C21H29NO/c1-13(23)17-6-7-18-16-5-4-14-12-15(22)8-10-20(14,2)19(16)9-11-21(17,18)3/h4-5,12,16-19,22H,6-11H2,1-3H3/t16?,17-,18-,19?,20+,21+/m0/s1. The number of nitrogens with one attached hydrogen (secondary N) is 1. The van der Waals surface area contributed by atoms with E-state index in [1.807, 2.05) is 0 Å². The van der Waals surface area contributed by atoms with E-state index in [0.717, 1.165) is 25.0 Å². The van der Waals surface area contributed by atoms with Crippen molar-refractivity contribution in [1.29, 1.82) is 5.41 Å². The molecule has 23 heavy (non-hydrogen) atoms. The van der Waals surface area contributed by atoms with E-state index in [4.69, 9.17) is 5.41 Å². The highest BCUT2D eigenvalue weighted by Crippen LogP contribution is 2.65. The molecule has 0 aromatic carbocycles. The molecule has 0 aliphatic heterocycles. The van der Waals surface area contributed by atoms with Gasteiger partial charge in [-0.1, -0.05) is 26.0 Å². The average molecular weight is 311 g/mol. The van der Waals surface area contributed by atoms with E-state index in [-0.39, 0.29) is 16.7 Å². The quantitative estimate of drug-likeness (QED) is 0.731. The fourth-order valence-electron chi connectivity index (χ4n) is 6.69. The van der Waals surface area contributed by atoms with Gasteiger partial charge in [-0.3, -0.25) is 4.79 Å². The minimum Gasteiger partial charge on any atom is -0.305 e. The largest absolute Gasteiger partial charge is 0.305 e. The fourth-order valence-corrected chi connectivity index (χ4v) is 6.69. The third kappa shape index (κ3) is 1.99. The van der Waals surface area contributed by atoms with Crippen LogP contribution in [0.1, 0.15) is 59.3 Å². The summed E-state index contributed by atoms with van der Waals surface area (Å²) in [6.07, 6.45) is 13.7. The summed E-state index contributed by atoms with van der Waals surface area (Å²) >= 11 is 0. The van der Waals surface area contributed by atoms with Crippen molar-refractivity contribution in [3.05, 3.63) is 23.8 Å². The van der Waals surface area contributed by atoms with Gasteiger partial charge < -0.3 is 5.41 Å². The van der Waals surface area contributed by atoms with Crippen molar-refractivity contribution in [3.8, 4) is 0 Å². The maximum atomic E-state index is 12.1. The molecule has 124 valence electrons. The number of hydrogen-bond donors (Lipinski definition) is 1. The molecular formula is C21H29NO. The lowest BCUT2D eigenvalue weighted by atomic mass is 9.48. The number of Topliss-reactive ketones (excluding diaryl/α,β-unsaturated/α-hetero) is 1. The van der Waals surface area contributed by atoms with Crippen molar-refractivity contribution in [1.82, 2.24) is 0 Å². The van der Waals surface area contributed by atoms with Gasteiger partial charge in [0.05, 0.1) is 0 Å². The number of carbonyl (C=O) groups excluding carboxylic acids is 1. The second-order valence-corrected chi connectivity index (χ2v) is 8.98. The molecule has 0 amide bonds. The Morgan fingerprint density at radius 3 is 2.70 bits per heavy atom. The summed E-state index contributed by atoms with van der Waals surface area (Å²) in [7, 11) is 0. The Morgan fingerprint density at radius 1 is 1.17 bits per heavy atom. The van der Waals surface area contributed by atoms with Crippen LogP contribution in [0.4, 0.5) is 0 Å². The maximum Gasteiger partial charge on any atom is 0.133 e. The van der Waals surface area contributed by atoms with Gasteiger partial charge in [-0.15, -0.1) is 0 Å². The van der Waals surface area contributed by atoms with Crippen molar-refractivity contribution in [2.24, 2.45) is 34.5 Å². The van der Waals surface area contributed by atoms with Crippen molar-refractivity contribution in [2.75, 3.05) is 0 Å². The van der Waals surface area contributed by atoms with Gasteiger partial charge >= 0.3 is 0 Å². The molecule has 0 aromatic rings. The summed E-state index contributed by atoms with van der Waals surface area (Å²) < 4.78 is 0. The Morgan fingerprint density at radius 2 is 1.96 bits per heavy atom. The number of fused-ring (bicyclic) bond motifs is 5. The van der Waals surface area contributed by atoms with Gasteiger partial charge in [0.2, 0.25) is 0 Å². The van der Waals surface area contributed by atoms with Crippen LogP contribution in [0.15, 0.2) is 23.8 Å². The van der Waals surface area contributed by atoms with E-state index in [0.29, 0.717) is 23.5 Å². The molecule has 4 rings (SSSR count). The van der Waals surface area contributed by atoms with E-state index < -0.39 is 0 Å². The van der Waals surface area contributed by atoms with Crippen LogP contribution < -0.4 is 0 Å². The third-order valence-electron chi connectivity index (χ3n) is 8.04. The smallest absolute Gasteiger partial charge is 0.133 e. The van der Waals surface area contributed by atoms with Crippen LogP contribution in [-0.2, 0) is 4.79 Å². The zero-order valence-electron chi connectivity index (χ0n) is 14.7. The van der Waals surface area contributed by atoms with Gasteiger partial charge in [-0.25, -0.2) is 0 Å². The van der Waals surface area contributed by atoms with Gasteiger partial charge in [0.15, 0.2) is 0 Å². The third-order valence-corrected chi connectivity index (χ3v) is 8.04. The Balaban J connectivity index is 1.72. The van der Waals surface area contributed by atoms with Gasteiger partial charge in [0.25, 0.3) is 0 Å². The van der Waals surface area contributed by atoms with Crippen LogP contribution in [0.5, 0.6) is 0 Å². The number of carbonyl (C=O) groups is 1. The highest BCUT2D eigenvalue weighted by molar-refractivity contribution is 5.94. The molecule has 4 aliphatic carbocycles. The molecule has 0 heterocycles. The molecule has 6 atom stereocenters. The highest BCUT2D eigenvalue weighted by atomic mass is 16.1. The average Bonchev–Trinajstić information content (AvgIpc) is 2.85. The molecule has 2 fully saturated rings. The first kappa shape index (κ1) is 15.4. The predicted octanol–water partition coefficient (Wildman–Crippen LogP) is 4.95. The predicted molar refractivity (Wildman–Crippen MR) is 93.5 cm³/mol. The van der Waals surface area contributed by atoms with Crippen LogP contribution in [0, 0.1) is 39.9 Å². The molecule has 2 nitrogen and oxygen atoms in total. The molecule has 2 heteroatoms. The first-order valence-corrected chi connectivity index (χ1v) is 9.34. The van der Waals surface area contributed by atoms with Crippen molar-refractivity contribution in [3.63, 3.8) is 0 Å². The Hall–Kier alpha value is -1.18. The van der Waals surface area contributed by atoms with Gasteiger partial charge in [0.1, 0.15) is 5.78 Å². The first-order chi connectivity index (χ1) is 10.9. The van der Waals surface area contributed by atoms with Crippen LogP contribution in [0.2, 0.25) is 0 Å². The Bertz CT molecular complexity index is 630. The number of rotatable bonds is 1. The van der Waals surface area contributed by atoms with Crippen LogP contribution in [0.25, 0.3) is 0 Å². The monoisotopic (exact) mass is 311 g/mol. The first-order valence-electron chi connectivity index (χ1n) is 9.34. The number of hydrogen-bond acceptors (Lipinski definition) is 2. The summed E-state index contributed by atoms with van der Waals surface area (Å²) in [5.74, 6) is 2.70. The highest BCUT2D eigenvalue weighted by Gasteiger charge is 2.58. The Labute approximate surface area is 139 Å². The molecule has 0 saturated heterocycles. The second kappa shape index (κ2) is 4.91. The molecule has 2 saturated carbocycles. The topological polar surface area (TPSA) is 40.9 Å². The fraction of sp³-hybridized carbons (Fsp3) is 0.714. The van der Waals surface area contributed by atoms with Crippen molar-refractivity contribution >= 4 is 11.5 Å². The summed E-state index contributed by atoms with van der Waals surface area (Å²) in [5.41, 5.74) is 2.65. The SMILES string of the molecule is CC(=O)[C@@H]1CC[C@H]2C3C=CC4=CC(=N)CC[C@@]4(C)C3CC[C@]12C. The Kier molecular flexibility index (Phi) is 3.28. The van der Waals surface area contributed by atoms with Gasteiger partial charge in [-0.05, 0) is 85.7 Å². The molecule has 0 aromatic heterocycles. The molecular weight excluding hydrogens is 282 g/mol. The lowest BCUT2D eigenvalue weighted by molar-refractivity contribution is -0.126. The molecule has 1 N–H and O–H groups in total. The summed E-state index contributed by atoms with van der Waals surface area (Å²) in [6, 6.07) is 0. The molecule has 0 spiro atoms. The summed E-state index contributed by atoms with van der Waals surface area (Å²) in [4.78, 5) is 12.1. The van der Waals surface area contributed by atoms with E-state index in [2.05, 4.69) is 32.1 Å². The van der Waals surface area contributed by atoms with E-state index in [9.17, 15) is 4.79 Å². The van der Waals surface area contributed by atoms with Crippen molar-refractivity contribution < 1.29 is 4.79 Å². The van der Waals surface area contributed by atoms with E-state index >= 15 is 0 Å². The van der Waals surface area contributed by atoms with Crippen LogP contribution >= 0.6 is 0 Å². The second-order valence-electron chi connectivity index (χ2n) is 8.98. The minimum atomic E-state index is 0.219. The summed E-state index contributed by atoms with van der Waals surface area (Å²) in [6.45, 7) is 6.63. The number of allylic oxidation sites excluding steroid dienone is 4. The minimum absolute atomic E-state index is 0.219.